The summed E-state index contributed by atoms with van der Waals surface area (Å²) in [5, 5.41) is 9.38. The Labute approximate surface area is 143 Å². The van der Waals surface area contributed by atoms with Crippen molar-refractivity contribution in [2.45, 2.75) is 45.8 Å². The van der Waals surface area contributed by atoms with Crippen LogP contribution in [0, 0.1) is 0 Å². The zero-order chi connectivity index (χ0) is 17.9. The van der Waals surface area contributed by atoms with Crippen molar-refractivity contribution in [3.63, 3.8) is 0 Å². The van der Waals surface area contributed by atoms with Crippen LogP contribution < -0.4 is 4.90 Å². The maximum atomic E-state index is 12.4. The highest BCUT2D eigenvalue weighted by atomic mass is 16.6. The summed E-state index contributed by atoms with van der Waals surface area (Å²) in [5.74, 6) is -0.937. The zero-order valence-corrected chi connectivity index (χ0v) is 14.8. The smallest absolute Gasteiger partial charge is 0.410 e. The summed E-state index contributed by atoms with van der Waals surface area (Å²) in [5.41, 5.74) is 0.466. The lowest BCUT2D eigenvalue weighted by Crippen LogP contribution is -2.56. The number of nitrogens with zero attached hydrogens (tertiary/aromatic N) is 2. The molecule has 1 saturated heterocycles. The van der Waals surface area contributed by atoms with Crippen LogP contribution in [0.15, 0.2) is 24.3 Å². The van der Waals surface area contributed by atoms with Crippen LogP contribution in [0.4, 0.5) is 10.5 Å². The molecule has 0 spiro atoms. The van der Waals surface area contributed by atoms with Gasteiger partial charge in [0.15, 0.2) is 0 Å². The number of amides is 1. The molecule has 0 radical (unpaired) electrons. The van der Waals surface area contributed by atoms with Crippen molar-refractivity contribution in [2.75, 3.05) is 24.5 Å². The van der Waals surface area contributed by atoms with Gasteiger partial charge in [-0.3, -0.25) is 0 Å². The molecule has 2 rings (SSSR count). The van der Waals surface area contributed by atoms with Crippen LogP contribution in [-0.2, 0) is 4.74 Å². The van der Waals surface area contributed by atoms with E-state index in [1.165, 1.54) is 0 Å². The number of para-hydroxylation sites is 1. The molecule has 1 aromatic carbocycles. The van der Waals surface area contributed by atoms with Crippen LogP contribution in [0.2, 0.25) is 0 Å². The van der Waals surface area contributed by atoms with Gasteiger partial charge in [0.25, 0.3) is 0 Å². The van der Waals surface area contributed by atoms with Gasteiger partial charge in [-0.2, -0.15) is 0 Å². The Morgan fingerprint density at radius 1 is 1.25 bits per heavy atom. The summed E-state index contributed by atoms with van der Waals surface area (Å²) in [6.45, 7) is 9.28. The third kappa shape index (κ3) is 4.19. The third-order valence-corrected chi connectivity index (χ3v) is 4.06. The van der Waals surface area contributed by atoms with Crippen LogP contribution in [0.25, 0.3) is 0 Å². The highest BCUT2D eigenvalue weighted by Gasteiger charge is 2.33. The van der Waals surface area contributed by atoms with Crippen LogP contribution in [0.3, 0.4) is 0 Å². The molecule has 1 N–H and O–H groups in total. The van der Waals surface area contributed by atoms with E-state index in [0.29, 0.717) is 25.3 Å². The van der Waals surface area contributed by atoms with Crippen molar-refractivity contribution in [3.8, 4) is 0 Å². The Kier molecular flexibility index (Phi) is 5.36. The molecular weight excluding hydrogens is 308 g/mol. The molecule has 0 saturated carbocycles. The molecule has 1 heterocycles. The van der Waals surface area contributed by atoms with Gasteiger partial charge in [0.05, 0.1) is 17.3 Å². The molecule has 0 aliphatic carbocycles. The van der Waals surface area contributed by atoms with Gasteiger partial charge in [-0.15, -0.1) is 0 Å². The van der Waals surface area contributed by atoms with E-state index in [-0.39, 0.29) is 17.7 Å². The first-order valence-corrected chi connectivity index (χ1v) is 8.30. The molecule has 0 aromatic heterocycles. The summed E-state index contributed by atoms with van der Waals surface area (Å²) in [4.78, 5) is 27.6. The topological polar surface area (TPSA) is 70.1 Å². The summed E-state index contributed by atoms with van der Waals surface area (Å²) < 4.78 is 5.49. The summed E-state index contributed by atoms with van der Waals surface area (Å²) in [7, 11) is 0. The Bertz CT molecular complexity index is 609. The number of hydrogen-bond donors (Lipinski definition) is 1. The predicted molar refractivity (Wildman–Crippen MR) is 92.6 cm³/mol. The Morgan fingerprint density at radius 2 is 1.92 bits per heavy atom. The van der Waals surface area contributed by atoms with Crippen LogP contribution in [0.1, 0.15) is 44.5 Å². The average molecular weight is 334 g/mol. The first-order chi connectivity index (χ1) is 11.2. The minimum absolute atomic E-state index is 0.00421. The van der Waals surface area contributed by atoms with Gasteiger partial charge in [0, 0.05) is 19.6 Å². The van der Waals surface area contributed by atoms with Gasteiger partial charge >= 0.3 is 12.1 Å². The van der Waals surface area contributed by atoms with Gasteiger partial charge in [-0.25, -0.2) is 9.59 Å². The molecule has 1 atom stereocenters. The highest BCUT2D eigenvalue weighted by Crippen LogP contribution is 2.25. The first kappa shape index (κ1) is 18.1. The van der Waals surface area contributed by atoms with E-state index < -0.39 is 11.6 Å². The minimum atomic E-state index is -0.937. The van der Waals surface area contributed by atoms with Gasteiger partial charge in [-0.1, -0.05) is 19.1 Å². The van der Waals surface area contributed by atoms with Crippen molar-refractivity contribution >= 4 is 17.7 Å². The van der Waals surface area contributed by atoms with E-state index in [1.807, 2.05) is 44.7 Å². The lowest BCUT2D eigenvalue weighted by atomic mass is 10.1. The summed E-state index contributed by atoms with van der Waals surface area (Å²) in [6, 6.07) is 6.98. The number of ether oxygens (including phenoxy) is 1. The molecule has 1 fully saturated rings. The number of piperazine rings is 1. The number of hydrogen-bond acceptors (Lipinski definition) is 4. The van der Waals surface area contributed by atoms with Crippen molar-refractivity contribution in [2.24, 2.45) is 0 Å². The molecule has 1 aliphatic heterocycles. The first-order valence-electron chi connectivity index (χ1n) is 8.30. The number of benzene rings is 1. The molecule has 0 unspecified atom stereocenters. The highest BCUT2D eigenvalue weighted by molar-refractivity contribution is 5.94. The number of aromatic carboxylic acids is 1. The molecule has 0 bridgehead atoms. The lowest BCUT2D eigenvalue weighted by molar-refractivity contribution is 0.0136. The second-order valence-corrected chi connectivity index (χ2v) is 7.00. The molecule has 24 heavy (non-hydrogen) atoms. The van der Waals surface area contributed by atoms with E-state index in [4.69, 9.17) is 4.74 Å². The monoisotopic (exact) mass is 334 g/mol. The standard InChI is InChI=1S/C18H26N2O4/c1-5-13-12-19(15-9-7-6-8-14(15)16(21)22)10-11-20(13)17(23)24-18(2,3)4/h6-9,13H,5,10-12H2,1-4H3,(H,21,22)/t13-/m1/s1. The number of carboxylic acids is 1. The van der Waals surface area contributed by atoms with Crippen molar-refractivity contribution in [1.82, 2.24) is 4.90 Å². The maximum Gasteiger partial charge on any atom is 0.410 e. The number of carboxylic acid groups (broad SMARTS) is 1. The fourth-order valence-corrected chi connectivity index (χ4v) is 2.91. The van der Waals surface area contributed by atoms with Crippen molar-refractivity contribution < 1.29 is 19.4 Å². The minimum Gasteiger partial charge on any atom is -0.478 e. The Balaban J connectivity index is 2.16. The average Bonchev–Trinajstić information content (AvgIpc) is 2.52. The zero-order valence-electron chi connectivity index (χ0n) is 14.8. The Morgan fingerprint density at radius 3 is 2.50 bits per heavy atom. The lowest BCUT2D eigenvalue weighted by Gasteiger charge is -2.42. The predicted octanol–water partition coefficient (Wildman–Crippen LogP) is 3.22. The number of anilines is 1. The van der Waals surface area contributed by atoms with Crippen molar-refractivity contribution in [1.29, 1.82) is 0 Å². The molecule has 132 valence electrons. The molecule has 1 aliphatic rings. The SMILES string of the molecule is CC[C@@H]1CN(c2ccccc2C(=O)O)CCN1C(=O)OC(C)(C)C. The van der Waals surface area contributed by atoms with Crippen LogP contribution in [0.5, 0.6) is 0 Å². The molecule has 6 heteroatoms. The number of carbonyl (C=O) groups excluding carboxylic acids is 1. The second kappa shape index (κ2) is 7.11. The fourth-order valence-electron chi connectivity index (χ4n) is 2.91. The summed E-state index contributed by atoms with van der Waals surface area (Å²) in [6.07, 6.45) is 0.478. The molecule has 6 nitrogen and oxygen atoms in total. The van der Waals surface area contributed by atoms with E-state index in [1.54, 1.807) is 17.0 Å². The largest absolute Gasteiger partial charge is 0.478 e. The molecule has 1 aromatic rings. The van der Waals surface area contributed by atoms with E-state index in [2.05, 4.69) is 0 Å². The van der Waals surface area contributed by atoms with Gasteiger partial charge in [0.2, 0.25) is 0 Å². The number of rotatable bonds is 3. The fraction of sp³-hybridized carbons (Fsp3) is 0.556. The quantitative estimate of drug-likeness (QED) is 0.919. The van der Waals surface area contributed by atoms with Gasteiger partial charge in [-0.05, 0) is 39.3 Å². The Hall–Kier alpha value is -2.24. The molecular formula is C18H26N2O4. The molecule has 1 amide bonds. The van der Waals surface area contributed by atoms with Gasteiger partial charge < -0.3 is 19.6 Å². The maximum absolute atomic E-state index is 12.4. The van der Waals surface area contributed by atoms with Gasteiger partial charge in [0.1, 0.15) is 5.60 Å². The van der Waals surface area contributed by atoms with Crippen molar-refractivity contribution in [3.05, 3.63) is 29.8 Å². The van der Waals surface area contributed by atoms with E-state index >= 15 is 0 Å². The number of carbonyl (C=O) groups is 2. The second-order valence-electron chi connectivity index (χ2n) is 7.00. The normalized spacial score (nSPS) is 18.4. The third-order valence-electron chi connectivity index (χ3n) is 4.06. The summed E-state index contributed by atoms with van der Waals surface area (Å²) >= 11 is 0. The van der Waals surface area contributed by atoms with E-state index in [0.717, 1.165) is 6.42 Å². The van der Waals surface area contributed by atoms with Crippen LogP contribution >= 0.6 is 0 Å². The van der Waals surface area contributed by atoms with Crippen LogP contribution in [-0.4, -0.2) is 53.3 Å². The van der Waals surface area contributed by atoms with E-state index in [9.17, 15) is 14.7 Å².